The number of aromatic nitrogens is 2. The molecule has 16 heteroatoms. The van der Waals surface area contributed by atoms with Crippen LogP contribution in [0.4, 0.5) is 5.82 Å². The molecule has 1 aromatic heterocycles. The third-order valence-electron chi connectivity index (χ3n) is 3.50. The van der Waals surface area contributed by atoms with Crippen molar-refractivity contribution in [2.24, 2.45) is 0 Å². The van der Waals surface area contributed by atoms with Crippen molar-refractivity contribution in [2.75, 3.05) is 25.6 Å². The summed E-state index contributed by atoms with van der Waals surface area (Å²) in [5.41, 5.74) is -0.781. The van der Waals surface area contributed by atoms with E-state index in [4.69, 9.17) is 14.5 Å². The van der Waals surface area contributed by atoms with E-state index in [1.807, 2.05) is 0 Å². The molecule has 0 aliphatic carbocycles. The predicted octanol–water partition coefficient (Wildman–Crippen LogP) is -1.85. The highest BCUT2D eigenvalue weighted by molar-refractivity contribution is 7.60. The summed E-state index contributed by atoms with van der Waals surface area (Å²) in [5, 5.41) is 20.1. The fourth-order valence-electron chi connectivity index (χ4n) is 2.27. The lowest BCUT2D eigenvalue weighted by Gasteiger charge is -2.19. The molecule has 0 aromatic carbocycles. The van der Waals surface area contributed by atoms with Crippen molar-refractivity contribution in [1.29, 1.82) is 0 Å². The fraction of sp³-hybridized carbons (Fsp3) is 0.636. The standard InChI is InChI=1S/C11H19N3O11P2/c1-13(2)7-3-4-14(11(17)12-7)10-9(16)8(15)6(24-10)5-23-27(21,22)25-26(18,19)20/h3-4,6,8-10,15-16H,5H2,1-2H3,(H,21,22)(H2,18,19,20)/t6-,8-,9-,10-/m1/s1. The van der Waals surface area contributed by atoms with Crippen molar-refractivity contribution < 1.29 is 47.6 Å². The minimum Gasteiger partial charge on any atom is -0.387 e. The van der Waals surface area contributed by atoms with Crippen LogP contribution in [0.15, 0.2) is 17.1 Å². The maximum Gasteiger partial charge on any atom is 0.481 e. The molecule has 1 aliphatic rings. The van der Waals surface area contributed by atoms with Gasteiger partial charge in [-0.1, -0.05) is 0 Å². The minimum absolute atomic E-state index is 0.347. The lowest BCUT2D eigenvalue weighted by molar-refractivity contribution is -0.0541. The van der Waals surface area contributed by atoms with Gasteiger partial charge in [0.15, 0.2) is 6.23 Å². The van der Waals surface area contributed by atoms with E-state index in [-0.39, 0.29) is 0 Å². The molecule has 0 radical (unpaired) electrons. The number of ether oxygens (including phenoxy) is 1. The van der Waals surface area contributed by atoms with E-state index < -0.39 is 52.5 Å². The Morgan fingerprint density at radius 2 is 1.89 bits per heavy atom. The summed E-state index contributed by atoms with van der Waals surface area (Å²) < 4.78 is 36.2. The lowest BCUT2D eigenvalue weighted by atomic mass is 10.1. The minimum atomic E-state index is -5.30. The quantitative estimate of drug-likeness (QED) is 0.302. The van der Waals surface area contributed by atoms with Crippen LogP contribution in [-0.4, -0.2) is 73.5 Å². The number of aliphatic hydroxyl groups excluding tert-OH is 2. The van der Waals surface area contributed by atoms with Crippen molar-refractivity contribution in [3.63, 3.8) is 0 Å². The van der Waals surface area contributed by atoms with Gasteiger partial charge in [0.05, 0.1) is 6.61 Å². The van der Waals surface area contributed by atoms with Crippen LogP contribution < -0.4 is 10.6 Å². The molecule has 2 heterocycles. The molecule has 5 N–H and O–H groups in total. The van der Waals surface area contributed by atoms with Gasteiger partial charge >= 0.3 is 21.3 Å². The van der Waals surface area contributed by atoms with Crippen LogP contribution in [0.1, 0.15) is 6.23 Å². The van der Waals surface area contributed by atoms with Crippen LogP contribution >= 0.6 is 15.6 Å². The second kappa shape index (κ2) is 8.05. The van der Waals surface area contributed by atoms with Gasteiger partial charge < -0.3 is 34.5 Å². The summed E-state index contributed by atoms with van der Waals surface area (Å²) >= 11 is 0. The van der Waals surface area contributed by atoms with Gasteiger partial charge in [0, 0.05) is 20.3 Å². The van der Waals surface area contributed by atoms with E-state index in [1.165, 1.54) is 12.3 Å². The first-order valence-corrected chi connectivity index (χ1v) is 10.4. The van der Waals surface area contributed by atoms with Crippen molar-refractivity contribution in [3.8, 4) is 0 Å². The summed E-state index contributed by atoms with van der Waals surface area (Å²) in [6, 6.07) is 1.46. The monoisotopic (exact) mass is 431 g/mol. The summed E-state index contributed by atoms with van der Waals surface area (Å²) in [7, 11) is -7.13. The summed E-state index contributed by atoms with van der Waals surface area (Å²) in [6.07, 6.45) is -4.73. The third-order valence-corrected chi connectivity index (χ3v) is 5.65. The fourth-order valence-corrected chi connectivity index (χ4v) is 3.87. The molecule has 1 aromatic rings. The van der Waals surface area contributed by atoms with Crippen molar-refractivity contribution >= 4 is 21.5 Å². The van der Waals surface area contributed by atoms with E-state index in [0.29, 0.717) is 5.82 Å². The first kappa shape index (κ1) is 22.1. The SMILES string of the molecule is CN(C)c1ccn([C@@H]2O[C@H](COP(=O)(O)OP(=O)(O)O)[C@@H](O)[C@H]2O)c(=O)n1. The van der Waals surface area contributed by atoms with Crippen LogP contribution in [-0.2, 0) is 22.7 Å². The molecule has 2 rings (SSSR count). The Bertz CT molecular complexity index is 824. The molecule has 27 heavy (non-hydrogen) atoms. The van der Waals surface area contributed by atoms with Crippen LogP contribution in [0.2, 0.25) is 0 Å². The van der Waals surface area contributed by atoms with E-state index in [9.17, 15) is 29.0 Å². The highest BCUT2D eigenvalue weighted by atomic mass is 31.3. The van der Waals surface area contributed by atoms with E-state index in [0.717, 1.165) is 4.57 Å². The van der Waals surface area contributed by atoms with E-state index in [1.54, 1.807) is 19.0 Å². The predicted molar refractivity (Wildman–Crippen MR) is 87.7 cm³/mol. The second-order valence-electron chi connectivity index (χ2n) is 5.75. The summed E-state index contributed by atoms with van der Waals surface area (Å²) in [5.74, 6) is 0.347. The molecule has 1 aliphatic heterocycles. The topological polar surface area (TPSA) is 201 Å². The first-order chi connectivity index (χ1) is 12.3. The number of rotatable bonds is 7. The molecule has 14 nitrogen and oxygen atoms in total. The van der Waals surface area contributed by atoms with Crippen molar-refractivity contribution in [2.45, 2.75) is 24.5 Å². The smallest absolute Gasteiger partial charge is 0.387 e. The third kappa shape index (κ3) is 5.65. The zero-order valence-electron chi connectivity index (χ0n) is 14.1. The van der Waals surface area contributed by atoms with Crippen LogP contribution in [0.3, 0.4) is 0 Å². The van der Waals surface area contributed by atoms with E-state index >= 15 is 0 Å². The number of hydrogen-bond donors (Lipinski definition) is 5. The highest BCUT2D eigenvalue weighted by Gasteiger charge is 2.45. The normalized spacial score (nSPS) is 28.1. The molecule has 1 fully saturated rings. The number of anilines is 1. The molecular weight excluding hydrogens is 412 g/mol. The van der Waals surface area contributed by atoms with Gasteiger partial charge in [-0.2, -0.15) is 9.29 Å². The molecule has 0 saturated carbocycles. The maximum atomic E-state index is 12.1. The summed E-state index contributed by atoms with van der Waals surface area (Å²) in [4.78, 5) is 43.7. The number of aliphatic hydroxyl groups is 2. The molecule has 1 unspecified atom stereocenters. The van der Waals surface area contributed by atoms with Gasteiger partial charge in [-0.3, -0.25) is 9.09 Å². The number of hydrogen-bond acceptors (Lipinski definition) is 10. The molecule has 0 bridgehead atoms. The average molecular weight is 431 g/mol. The first-order valence-electron chi connectivity index (χ1n) is 7.33. The highest BCUT2D eigenvalue weighted by Crippen LogP contribution is 2.57. The van der Waals surface area contributed by atoms with Gasteiger partial charge in [0.2, 0.25) is 0 Å². The Kier molecular flexibility index (Phi) is 6.59. The van der Waals surface area contributed by atoms with Gasteiger partial charge in [0.1, 0.15) is 24.1 Å². The van der Waals surface area contributed by atoms with Crippen molar-refractivity contribution in [1.82, 2.24) is 9.55 Å². The Morgan fingerprint density at radius 1 is 1.26 bits per heavy atom. The van der Waals surface area contributed by atoms with Gasteiger partial charge in [-0.05, 0) is 6.07 Å². The average Bonchev–Trinajstić information content (AvgIpc) is 2.79. The van der Waals surface area contributed by atoms with Gasteiger partial charge in [-0.15, -0.1) is 0 Å². The Morgan fingerprint density at radius 3 is 2.41 bits per heavy atom. The van der Waals surface area contributed by atoms with Crippen LogP contribution in [0.25, 0.3) is 0 Å². The van der Waals surface area contributed by atoms with Gasteiger partial charge in [-0.25, -0.2) is 13.9 Å². The van der Waals surface area contributed by atoms with E-state index in [2.05, 4.69) is 13.8 Å². The Balaban J connectivity index is 2.11. The molecule has 0 amide bonds. The Labute approximate surface area is 152 Å². The Hall–Kier alpha value is -1.18. The van der Waals surface area contributed by atoms with Crippen LogP contribution in [0, 0.1) is 0 Å². The number of phosphoric acid groups is 2. The number of phosphoric ester groups is 1. The second-order valence-corrected chi connectivity index (χ2v) is 8.58. The lowest BCUT2D eigenvalue weighted by Crippen LogP contribution is -2.36. The molecular formula is C11H19N3O11P2. The number of nitrogens with zero attached hydrogens (tertiary/aromatic N) is 3. The summed E-state index contributed by atoms with van der Waals surface area (Å²) in [6.45, 7) is -0.861. The van der Waals surface area contributed by atoms with Crippen LogP contribution in [0.5, 0.6) is 0 Å². The molecule has 1 saturated heterocycles. The van der Waals surface area contributed by atoms with Gasteiger partial charge in [0.25, 0.3) is 0 Å². The molecule has 154 valence electrons. The zero-order valence-corrected chi connectivity index (χ0v) is 15.9. The molecule has 0 spiro atoms. The largest absolute Gasteiger partial charge is 0.481 e. The van der Waals surface area contributed by atoms with Crippen molar-refractivity contribution in [3.05, 3.63) is 22.7 Å². The molecule has 5 atom stereocenters. The zero-order chi connectivity index (χ0) is 20.6. The maximum absolute atomic E-state index is 12.1.